The van der Waals surface area contributed by atoms with Gasteiger partial charge < -0.3 is 5.73 Å². The smallest absolute Gasteiger partial charge is 0.0334 e. The Kier molecular flexibility index (Phi) is 4.79. The number of hydrogen-bond acceptors (Lipinski definition) is 3. The molecule has 3 heteroatoms. The average Bonchev–Trinajstić information content (AvgIpc) is 2.62. The lowest BCUT2D eigenvalue weighted by molar-refractivity contribution is 0.0267. The first-order chi connectivity index (χ1) is 8.18. The monoisotopic (exact) mass is 256 g/mol. The van der Waals surface area contributed by atoms with E-state index in [1.54, 1.807) is 0 Å². The summed E-state index contributed by atoms with van der Waals surface area (Å²) in [6.07, 6.45) is 5.34. The van der Waals surface area contributed by atoms with Crippen molar-refractivity contribution in [1.82, 2.24) is 4.90 Å². The van der Waals surface area contributed by atoms with Crippen molar-refractivity contribution in [2.45, 2.75) is 45.1 Å². The second kappa shape index (κ2) is 5.94. The molecule has 1 aliphatic carbocycles. The van der Waals surface area contributed by atoms with Crippen LogP contribution in [-0.2, 0) is 0 Å². The number of thioether (sulfide) groups is 1. The largest absolute Gasteiger partial charge is 0.329 e. The molecule has 2 fully saturated rings. The molecule has 3 atom stereocenters. The van der Waals surface area contributed by atoms with Gasteiger partial charge in [0.1, 0.15) is 0 Å². The van der Waals surface area contributed by atoms with Gasteiger partial charge in [-0.2, -0.15) is 11.8 Å². The first-order valence-corrected chi connectivity index (χ1v) is 8.36. The Morgan fingerprint density at radius 3 is 2.76 bits per heavy atom. The summed E-state index contributed by atoms with van der Waals surface area (Å²) >= 11 is 2.11. The molecule has 1 saturated heterocycles. The van der Waals surface area contributed by atoms with Gasteiger partial charge in [-0.1, -0.05) is 13.8 Å². The van der Waals surface area contributed by atoms with E-state index in [9.17, 15) is 0 Å². The highest BCUT2D eigenvalue weighted by atomic mass is 32.2. The van der Waals surface area contributed by atoms with Crippen molar-refractivity contribution in [2.75, 3.05) is 31.1 Å². The Labute approximate surface area is 111 Å². The summed E-state index contributed by atoms with van der Waals surface area (Å²) in [7, 11) is 0. The minimum absolute atomic E-state index is 0.330. The lowest BCUT2D eigenvalue weighted by Crippen LogP contribution is -2.57. The van der Waals surface area contributed by atoms with E-state index in [0.29, 0.717) is 5.54 Å². The minimum Gasteiger partial charge on any atom is -0.329 e. The molecule has 2 rings (SSSR count). The van der Waals surface area contributed by atoms with Crippen molar-refractivity contribution in [3.63, 3.8) is 0 Å². The van der Waals surface area contributed by atoms with E-state index < -0.39 is 0 Å². The van der Waals surface area contributed by atoms with E-state index in [4.69, 9.17) is 5.73 Å². The Balaban J connectivity index is 2.07. The van der Waals surface area contributed by atoms with Gasteiger partial charge in [0.25, 0.3) is 0 Å². The lowest BCUT2D eigenvalue weighted by Gasteiger charge is -2.49. The van der Waals surface area contributed by atoms with Crippen LogP contribution < -0.4 is 5.73 Å². The van der Waals surface area contributed by atoms with E-state index in [-0.39, 0.29) is 0 Å². The average molecular weight is 256 g/mol. The van der Waals surface area contributed by atoms with Crippen LogP contribution in [0.25, 0.3) is 0 Å². The van der Waals surface area contributed by atoms with Crippen molar-refractivity contribution >= 4 is 11.8 Å². The maximum absolute atomic E-state index is 6.18. The third-order valence-electron chi connectivity index (χ3n) is 5.01. The molecule has 0 amide bonds. The van der Waals surface area contributed by atoms with Crippen LogP contribution in [0, 0.1) is 11.8 Å². The molecular formula is C14H28N2S. The highest BCUT2D eigenvalue weighted by Crippen LogP contribution is 2.40. The molecule has 3 unspecified atom stereocenters. The van der Waals surface area contributed by atoms with Gasteiger partial charge in [-0.05, 0) is 49.8 Å². The fraction of sp³-hybridized carbons (Fsp3) is 1.00. The molecule has 0 spiro atoms. The van der Waals surface area contributed by atoms with Gasteiger partial charge in [-0.15, -0.1) is 0 Å². The first kappa shape index (κ1) is 13.7. The van der Waals surface area contributed by atoms with Crippen molar-refractivity contribution in [3.05, 3.63) is 0 Å². The fourth-order valence-electron chi connectivity index (χ4n) is 3.51. The van der Waals surface area contributed by atoms with Crippen LogP contribution in [0.15, 0.2) is 0 Å². The summed E-state index contributed by atoms with van der Waals surface area (Å²) in [6.45, 7) is 8.20. The summed E-state index contributed by atoms with van der Waals surface area (Å²) in [4.78, 5) is 2.73. The molecule has 2 aliphatic rings. The number of rotatable bonds is 2. The van der Waals surface area contributed by atoms with Gasteiger partial charge in [-0.3, -0.25) is 4.90 Å². The third-order valence-corrected chi connectivity index (χ3v) is 6.06. The molecule has 0 aromatic rings. The standard InChI is InChI=1S/C14H28N2S/c1-12-4-5-14(11-15,10-13(12)2)16-6-3-8-17-9-7-16/h12-13H,3-11,15H2,1-2H3. The Morgan fingerprint density at radius 2 is 2.06 bits per heavy atom. The van der Waals surface area contributed by atoms with Crippen LogP contribution >= 0.6 is 11.8 Å². The second-order valence-corrected chi connectivity index (χ2v) is 7.30. The Morgan fingerprint density at radius 1 is 1.24 bits per heavy atom. The topological polar surface area (TPSA) is 29.3 Å². The van der Waals surface area contributed by atoms with Crippen LogP contribution in [0.2, 0.25) is 0 Å². The first-order valence-electron chi connectivity index (χ1n) is 7.21. The van der Waals surface area contributed by atoms with Crippen molar-refractivity contribution < 1.29 is 0 Å². The fourth-order valence-corrected chi connectivity index (χ4v) is 4.39. The maximum Gasteiger partial charge on any atom is 0.0334 e. The van der Waals surface area contributed by atoms with Crippen LogP contribution in [0.4, 0.5) is 0 Å². The molecular weight excluding hydrogens is 228 g/mol. The molecule has 17 heavy (non-hydrogen) atoms. The molecule has 2 nitrogen and oxygen atoms in total. The molecule has 1 saturated carbocycles. The molecule has 0 radical (unpaired) electrons. The zero-order valence-electron chi connectivity index (χ0n) is 11.5. The van der Waals surface area contributed by atoms with Crippen LogP contribution in [-0.4, -0.2) is 41.6 Å². The summed E-state index contributed by atoms with van der Waals surface area (Å²) < 4.78 is 0. The lowest BCUT2D eigenvalue weighted by atomic mass is 9.70. The van der Waals surface area contributed by atoms with E-state index in [1.807, 2.05) is 0 Å². The van der Waals surface area contributed by atoms with Gasteiger partial charge >= 0.3 is 0 Å². The van der Waals surface area contributed by atoms with Crippen LogP contribution in [0.1, 0.15) is 39.5 Å². The Hall–Kier alpha value is 0.270. The minimum atomic E-state index is 0.330. The third kappa shape index (κ3) is 2.99. The molecule has 1 heterocycles. The van der Waals surface area contributed by atoms with Gasteiger partial charge in [0, 0.05) is 24.4 Å². The molecule has 100 valence electrons. The predicted octanol–water partition coefficient (Wildman–Crippen LogP) is 2.58. The number of nitrogens with two attached hydrogens (primary N) is 1. The van der Waals surface area contributed by atoms with Gasteiger partial charge in [0.15, 0.2) is 0 Å². The van der Waals surface area contributed by atoms with Gasteiger partial charge in [-0.25, -0.2) is 0 Å². The SMILES string of the molecule is CC1CCC(CN)(N2CCCSCC2)CC1C. The highest BCUT2D eigenvalue weighted by Gasteiger charge is 2.41. The molecule has 0 bridgehead atoms. The predicted molar refractivity (Wildman–Crippen MR) is 77.5 cm³/mol. The summed E-state index contributed by atoms with van der Waals surface area (Å²) in [5.74, 6) is 4.36. The van der Waals surface area contributed by atoms with Crippen molar-refractivity contribution in [3.8, 4) is 0 Å². The summed E-state index contributed by atoms with van der Waals surface area (Å²) in [6, 6.07) is 0. The van der Waals surface area contributed by atoms with E-state index in [2.05, 4.69) is 30.5 Å². The molecule has 0 aromatic carbocycles. The highest BCUT2D eigenvalue weighted by molar-refractivity contribution is 7.99. The zero-order valence-corrected chi connectivity index (χ0v) is 12.3. The number of nitrogens with zero attached hydrogens (tertiary/aromatic N) is 1. The second-order valence-electron chi connectivity index (χ2n) is 6.08. The zero-order chi connectivity index (χ0) is 12.3. The van der Waals surface area contributed by atoms with Crippen LogP contribution in [0.5, 0.6) is 0 Å². The Bertz CT molecular complexity index is 238. The normalized spacial score (nSPS) is 41.1. The van der Waals surface area contributed by atoms with Crippen molar-refractivity contribution in [1.29, 1.82) is 0 Å². The van der Waals surface area contributed by atoms with E-state index in [0.717, 1.165) is 18.4 Å². The quantitative estimate of drug-likeness (QED) is 0.823. The van der Waals surface area contributed by atoms with Gasteiger partial charge in [0.2, 0.25) is 0 Å². The van der Waals surface area contributed by atoms with Gasteiger partial charge in [0.05, 0.1) is 0 Å². The summed E-state index contributed by atoms with van der Waals surface area (Å²) in [5, 5.41) is 0. The van der Waals surface area contributed by atoms with E-state index >= 15 is 0 Å². The number of hydrogen-bond donors (Lipinski definition) is 1. The van der Waals surface area contributed by atoms with Crippen molar-refractivity contribution in [2.24, 2.45) is 17.6 Å². The summed E-state index contributed by atoms with van der Waals surface area (Å²) in [5.41, 5.74) is 6.51. The molecule has 0 aromatic heterocycles. The molecule has 1 aliphatic heterocycles. The van der Waals surface area contributed by atoms with Crippen LogP contribution in [0.3, 0.4) is 0 Å². The van der Waals surface area contributed by atoms with E-state index in [1.165, 1.54) is 50.3 Å². The maximum atomic E-state index is 6.18. The molecule has 2 N–H and O–H groups in total.